The maximum absolute atomic E-state index is 5.54. The van der Waals surface area contributed by atoms with Crippen LogP contribution in [-0.4, -0.2) is 12.3 Å². The lowest BCUT2D eigenvalue weighted by molar-refractivity contribution is 0.649. The van der Waals surface area contributed by atoms with E-state index in [1.807, 2.05) is 11.8 Å². The Balaban J connectivity index is 2.16. The predicted octanol–water partition coefficient (Wildman–Crippen LogP) is 3.38. The summed E-state index contributed by atoms with van der Waals surface area (Å²) in [7, 11) is 0. The molecular weight excluding hydrogens is 258 g/mol. The minimum absolute atomic E-state index is 0.719. The van der Waals surface area contributed by atoms with E-state index in [1.165, 1.54) is 27.1 Å². The van der Waals surface area contributed by atoms with Crippen molar-refractivity contribution < 1.29 is 0 Å². The molecule has 1 unspecified atom stereocenters. The number of nitrogens with two attached hydrogens (primary N) is 1. The molecular formula is C11H14BrNS. The second-order valence-electron chi connectivity index (χ2n) is 3.62. The summed E-state index contributed by atoms with van der Waals surface area (Å²) < 4.78 is 1.19. The van der Waals surface area contributed by atoms with Crippen LogP contribution in [0.5, 0.6) is 0 Å². The van der Waals surface area contributed by atoms with Crippen molar-refractivity contribution in [2.45, 2.75) is 23.7 Å². The van der Waals surface area contributed by atoms with E-state index in [2.05, 4.69) is 34.1 Å². The molecule has 14 heavy (non-hydrogen) atoms. The van der Waals surface area contributed by atoms with Gasteiger partial charge in [-0.25, -0.2) is 0 Å². The molecule has 0 spiro atoms. The highest BCUT2D eigenvalue weighted by atomic mass is 79.9. The molecule has 0 radical (unpaired) electrons. The highest BCUT2D eigenvalue weighted by molar-refractivity contribution is 9.10. The summed E-state index contributed by atoms with van der Waals surface area (Å²) in [5, 5.41) is 0. The summed E-state index contributed by atoms with van der Waals surface area (Å²) in [5.41, 5.74) is 7.05. The van der Waals surface area contributed by atoms with Gasteiger partial charge < -0.3 is 5.73 Å². The van der Waals surface area contributed by atoms with Gasteiger partial charge in [-0.15, -0.1) is 11.8 Å². The molecule has 1 aliphatic rings. The first kappa shape index (κ1) is 10.5. The number of benzene rings is 1. The molecule has 0 amide bonds. The van der Waals surface area contributed by atoms with E-state index in [4.69, 9.17) is 5.73 Å². The Morgan fingerprint density at radius 3 is 3.14 bits per heavy atom. The lowest BCUT2D eigenvalue weighted by atomic mass is 9.96. The number of hydrogen-bond acceptors (Lipinski definition) is 2. The second-order valence-corrected chi connectivity index (χ2v) is 5.60. The van der Waals surface area contributed by atoms with Crippen molar-refractivity contribution in [3.05, 3.63) is 28.2 Å². The molecule has 0 saturated carbocycles. The minimum atomic E-state index is 0.719. The zero-order valence-electron chi connectivity index (χ0n) is 8.00. The Morgan fingerprint density at radius 1 is 1.50 bits per heavy atom. The summed E-state index contributed by atoms with van der Waals surface area (Å²) in [4.78, 5) is 1.45. The third kappa shape index (κ3) is 2.15. The summed E-state index contributed by atoms with van der Waals surface area (Å²) in [5.74, 6) is 1.95. The lowest BCUT2D eigenvalue weighted by Gasteiger charge is -2.09. The predicted molar refractivity (Wildman–Crippen MR) is 65.9 cm³/mol. The van der Waals surface area contributed by atoms with Gasteiger partial charge in [-0.1, -0.05) is 15.9 Å². The first-order chi connectivity index (χ1) is 6.81. The van der Waals surface area contributed by atoms with E-state index in [1.54, 1.807) is 0 Å². The first-order valence-electron chi connectivity index (χ1n) is 4.93. The van der Waals surface area contributed by atoms with Crippen LogP contribution in [0.3, 0.4) is 0 Å². The third-order valence-corrected chi connectivity index (χ3v) is 4.35. The van der Waals surface area contributed by atoms with Crippen LogP contribution in [0, 0.1) is 0 Å². The van der Waals surface area contributed by atoms with E-state index < -0.39 is 0 Å². The van der Waals surface area contributed by atoms with Crippen LogP contribution in [0.1, 0.15) is 24.3 Å². The number of fused-ring (bicyclic) bond motifs is 1. The SMILES string of the molecule is NCCCC1CSc2ccc(Br)cc21. The molecule has 76 valence electrons. The largest absolute Gasteiger partial charge is 0.330 e. The van der Waals surface area contributed by atoms with Crippen LogP contribution in [0.4, 0.5) is 0 Å². The number of hydrogen-bond donors (Lipinski definition) is 1. The van der Waals surface area contributed by atoms with Gasteiger partial charge in [0, 0.05) is 15.1 Å². The van der Waals surface area contributed by atoms with Crippen LogP contribution in [0.2, 0.25) is 0 Å². The normalized spacial score (nSPS) is 19.7. The molecule has 0 saturated heterocycles. The van der Waals surface area contributed by atoms with Crippen LogP contribution in [0.25, 0.3) is 0 Å². The standard InChI is InChI=1S/C11H14BrNS/c12-9-3-4-11-10(6-9)8(7-14-11)2-1-5-13/h3-4,6,8H,1-2,5,7,13H2. The number of halogens is 1. The zero-order valence-corrected chi connectivity index (χ0v) is 10.4. The summed E-state index contributed by atoms with van der Waals surface area (Å²) >= 11 is 5.50. The second kappa shape index (κ2) is 4.69. The van der Waals surface area contributed by atoms with E-state index in [0.717, 1.165) is 18.9 Å². The van der Waals surface area contributed by atoms with Crippen molar-refractivity contribution in [1.82, 2.24) is 0 Å². The fraction of sp³-hybridized carbons (Fsp3) is 0.455. The van der Waals surface area contributed by atoms with Crippen LogP contribution in [-0.2, 0) is 0 Å². The Kier molecular flexibility index (Phi) is 3.52. The molecule has 1 aromatic carbocycles. The van der Waals surface area contributed by atoms with Crippen molar-refractivity contribution in [2.24, 2.45) is 5.73 Å². The topological polar surface area (TPSA) is 26.0 Å². The molecule has 1 aromatic rings. The van der Waals surface area contributed by atoms with Crippen molar-refractivity contribution in [3.63, 3.8) is 0 Å². The van der Waals surface area contributed by atoms with Gasteiger partial charge in [-0.05, 0) is 49.1 Å². The molecule has 1 aliphatic heterocycles. The van der Waals surface area contributed by atoms with Gasteiger partial charge in [0.1, 0.15) is 0 Å². The molecule has 2 N–H and O–H groups in total. The third-order valence-electron chi connectivity index (χ3n) is 2.61. The van der Waals surface area contributed by atoms with Crippen LogP contribution >= 0.6 is 27.7 Å². The van der Waals surface area contributed by atoms with Gasteiger partial charge in [0.05, 0.1) is 0 Å². The Bertz CT molecular complexity index is 327. The minimum Gasteiger partial charge on any atom is -0.330 e. The van der Waals surface area contributed by atoms with Crippen molar-refractivity contribution in [2.75, 3.05) is 12.3 Å². The average molecular weight is 272 g/mol. The van der Waals surface area contributed by atoms with Gasteiger partial charge in [0.15, 0.2) is 0 Å². The fourth-order valence-corrected chi connectivity index (χ4v) is 3.52. The number of thioether (sulfide) groups is 1. The van der Waals surface area contributed by atoms with Gasteiger partial charge in [-0.3, -0.25) is 0 Å². The molecule has 1 heterocycles. The number of rotatable bonds is 3. The maximum Gasteiger partial charge on any atom is 0.0178 e. The van der Waals surface area contributed by atoms with E-state index in [0.29, 0.717) is 0 Å². The summed E-state index contributed by atoms with van der Waals surface area (Å²) in [6.45, 7) is 0.810. The molecule has 0 fully saturated rings. The molecule has 3 heteroatoms. The molecule has 1 atom stereocenters. The zero-order chi connectivity index (χ0) is 9.97. The van der Waals surface area contributed by atoms with Gasteiger partial charge in [-0.2, -0.15) is 0 Å². The Labute approximate surface area is 97.6 Å². The smallest absolute Gasteiger partial charge is 0.0178 e. The Hall–Kier alpha value is 0.01000. The van der Waals surface area contributed by atoms with E-state index in [-0.39, 0.29) is 0 Å². The first-order valence-corrected chi connectivity index (χ1v) is 6.71. The van der Waals surface area contributed by atoms with E-state index >= 15 is 0 Å². The van der Waals surface area contributed by atoms with Gasteiger partial charge in [0.2, 0.25) is 0 Å². The molecule has 0 aliphatic carbocycles. The highest BCUT2D eigenvalue weighted by Gasteiger charge is 2.22. The van der Waals surface area contributed by atoms with Gasteiger partial charge >= 0.3 is 0 Å². The highest BCUT2D eigenvalue weighted by Crippen LogP contribution is 2.42. The quantitative estimate of drug-likeness (QED) is 0.912. The Morgan fingerprint density at radius 2 is 2.36 bits per heavy atom. The average Bonchev–Trinajstić information content (AvgIpc) is 2.57. The van der Waals surface area contributed by atoms with Crippen LogP contribution in [0.15, 0.2) is 27.6 Å². The maximum atomic E-state index is 5.54. The van der Waals surface area contributed by atoms with E-state index in [9.17, 15) is 0 Å². The molecule has 2 rings (SSSR count). The monoisotopic (exact) mass is 271 g/mol. The van der Waals surface area contributed by atoms with Crippen molar-refractivity contribution >= 4 is 27.7 Å². The fourth-order valence-electron chi connectivity index (χ4n) is 1.85. The van der Waals surface area contributed by atoms with Crippen molar-refractivity contribution in [1.29, 1.82) is 0 Å². The van der Waals surface area contributed by atoms with Crippen molar-refractivity contribution in [3.8, 4) is 0 Å². The molecule has 0 bridgehead atoms. The summed E-state index contributed by atoms with van der Waals surface area (Å²) in [6.07, 6.45) is 2.37. The lowest BCUT2D eigenvalue weighted by Crippen LogP contribution is -2.03. The summed E-state index contributed by atoms with van der Waals surface area (Å²) in [6, 6.07) is 6.60. The molecule has 1 nitrogen and oxygen atoms in total. The van der Waals surface area contributed by atoms with Gasteiger partial charge in [0.25, 0.3) is 0 Å². The van der Waals surface area contributed by atoms with Crippen LogP contribution < -0.4 is 5.73 Å². The molecule has 0 aromatic heterocycles.